The summed E-state index contributed by atoms with van der Waals surface area (Å²) in [5.74, 6) is 0. The molecule has 0 aliphatic carbocycles. The fraction of sp³-hybridized carbons (Fsp3) is 0.857. The molecular weight excluding hydrogens is 146 g/mol. The molecule has 0 saturated carbocycles. The van der Waals surface area contributed by atoms with Crippen molar-refractivity contribution in [3.63, 3.8) is 0 Å². The van der Waals surface area contributed by atoms with Crippen LogP contribution in [-0.2, 0) is 9.84 Å². The van der Waals surface area contributed by atoms with Crippen LogP contribution in [0.3, 0.4) is 0 Å². The van der Waals surface area contributed by atoms with E-state index < -0.39 is 11.7 Å². The first-order valence-corrected chi connectivity index (χ1v) is 3.50. The molecule has 0 aliphatic heterocycles. The van der Waals surface area contributed by atoms with Crippen LogP contribution < -0.4 is 5.32 Å². The molecule has 0 heterocycles. The van der Waals surface area contributed by atoms with Crippen LogP contribution in [0, 0.1) is 0 Å². The first-order chi connectivity index (χ1) is 4.95. The molecule has 0 fully saturated rings. The van der Waals surface area contributed by atoms with E-state index in [9.17, 15) is 9.90 Å². The molecule has 0 rings (SSSR count). The fourth-order valence-electron chi connectivity index (χ4n) is 0.467. The number of alkyl carbamates (subject to hydrolysis) is 1. The highest BCUT2D eigenvalue weighted by molar-refractivity contribution is 5.67. The van der Waals surface area contributed by atoms with E-state index in [4.69, 9.17) is 4.74 Å². The van der Waals surface area contributed by atoms with Crippen molar-refractivity contribution in [3.8, 4) is 0 Å². The van der Waals surface area contributed by atoms with Crippen LogP contribution in [0.5, 0.6) is 0 Å². The Labute approximate surface area is 66.5 Å². The lowest BCUT2D eigenvalue weighted by atomic mass is 10.2. The van der Waals surface area contributed by atoms with E-state index in [-0.39, 0.29) is 13.2 Å². The molecule has 65 valence electrons. The largest absolute Gasteiger partial charge is 0.444 e. The normalized spacial score (nSPS) is 10.9. The molecule has 11 heavy (non-hydrogen) atoms. The molecule has 1 amide bonds. The molecule has 0 aromatic carbocycles. The second kappa shape index (κ2) is 4.18. The fourth-order valence-corrected chi connectivity index (χ4v) is 0.467. The molecule has 0 aromatic rings. The van der Waals surface area contributed by atoms with Crippen LogP contribution in [0.2, 0.25) is 0 Å². The Hall–Kier alpha value is -0.770. The molecule has 4 heteroatoms. The molecule has 0 aromatic heterocycles. The van der Waals surface area contributed by atoms with Gasteiger partial charge in [0, 0.05) is 6.54 Å². The van der Waals surface area contributed by atoms with Gasteiger partial charge in [-0.25, -0.2) is 9.90 Å². The summed E-state index contributed by atoms with van der Waals surface area (Å²) in [6.07, 6.45) is -0.534. The van der Waals surface area contributed by atoms with Gasteiger partial charge in [0.1, 0.15) is 5.60 Å². The van der Waals surface area contributed by atoms with E-state index in [1.807, 2.05) is 0 Å². The van der Waals surface area contributed by atoms with Crippen LogP contribution >= 0.6 is 0 Å². The van der Waals surface area contributed by atoms with Crippen molar-refractivity contribution in [2.24, 2.45) is 0 Å². The average Bonchev–Trinajstić information content (AvgIpc) is 1.79. The highest BCUT2D eigenvalue weighted by Crippen LogP contribution is 2.05. The van der Waals surface area contributed by atoms with Crippen LogP contribution in [0.1, 0.15) is 20.8 Å². The minimum absolute atomic E-state index is 0.120. The first kappa shape index (κ1) is 10.2. The number of hydrogen-bond acceptors (Lipinski definition) is 2. The van der Waals surface area contributed by atoms with E-state index in [2.05, 4.69) is 5.32 Å². The number of carbonyl (C=O) groups is 1. The lowest BCUT2D eigenvalue weighted by Gasteiger charge is -2.19. The summed E-state index contributed by atoms with van der Waals surface area (Å²) in [6, 6.07) is 0. The van der Waals surface area contributed by atoms with E-state index >= 15 is 0 Å². The highest BCUT2D eigenvalue weighted by atomic mass is 16.6. The third kappa shape index (κ3) is 7.12. The Balaban J connectivity index is 3.53. The van der Waals surface area contributed by atoms with Crippen LogP contribution in [-0.4, -0.2) is 24.8 Å². The number of amides is 1. The van der Waals surface area contributed by atoms with Crippen molar-refractivity contribution >= 4 is 6.09 Å². The summed E-state index contributed by atoms with van der Waals surface area (Å²) in [7, 11) is 0. The van der Waals surface area contributed by atoms with Crippen LogP contribution in [0.15, 0.2) is 0 Å². The molecule has 0 atom stereocenters. The van der Waals surface area contributed by atoms with Crippen molar-refractivity contribution in [1.82, 2.24) is 5.32 Å². The van der Waals surface area contributed by atoms with Crippen molar-refractivity contribution in [3.05, 3.63) is 0 Å². The Kier molecular flexibility index (Phi) is 3.89. The summed E-state index contributed by atoms with van der Waals surface area (Å²) >= 11 is 0. The number of nitrogens with one attached hydrogen (secondary N) is 1. The Morgan fingerprint density at radius 3 is 2.36 bits per heavy atom. The Morgan fingerprint density at radius 1 is 1.45 bits per heavy atom. The summed E-state index contributed by atoms with van der Waals surface area (Å²) in [5, 5.41) is 12.2. The summed E-state index contributed by atoms with van der Waals surface area (Å²) < 4.78 is 4.85. The van der Waals surface area contributed by atoms with Crippen molar-refractivity contribution < 1.29 is 14.6 Å². The minimum Gasteiger partial charge on any atom is -0.444 e. The second-order valence-electron chi connectivity index (χ2n) is 3.13. The monoisotopic (exact) mass is 160 g/mol. The van der Waals surface area contributed by atoms with E-state index in [1.165, 1.54) is 0 Å². The van der Waals surface area contributed by atoms with Crippen LogP contribution in [0.25, 0.3) is 0 Å². The highest BCUT2D eigenvalue weighted by Gasteiger charge is 2.14. The maximum atomic E-state index is 10.7. The lowest BCUT2D eigenvalue weighted by Crippen LogP contribution is -2.33. The number of rotatable bonds is 2. The molecular formula is C7H14NO3. The molecule has 4 nitrogen and oxygen atoms in total. The average molecular weight is 160 g/mol. The summed E-state index contributed by atoms with van der Waals surface area (Å²) in [4.78, 5) is 10.7. The van der Waals surface area contributed by atoms with Gasteiger partial charge >= 0.3 is 6.09 Å². The summed E-state index contributed by atoms with van der Waals surface area (Å²) in [6.45, 7) is 5.10. The Bertz CT molecular complexity index is 128. The third-order valence-corrected chi connectivity index (χ3v) is 0.770. The topological polar surface area (TPSA) is 58.2 Å². The predicted molar refractivity (Wildman–Crippen MR) is 39.8 cm³/mol. The van der Waals surface area contributed by atoms with Gasteiger partial charge in [0.15, 0.2) is 0 Å². The minimum atomic E-state index is -0.534. The van der Waals surface area contributed by atoms with E-state index in [0.29, 0.717) is 0 Å². The Morgan fingerprint density at radius 2 is 2.00 bits per heavy atom. The van der Waals surface area contributed by atoms with Crippen molar-refractivity contribution in [2.75, 3.05) is 13.2 Å². The zero-order valence-corrected chi connectivity index (χ0v) is 7.14. The third-order valence-electron chi connectivity index (χ3n) is 0.770. The number of carbonyl (C=O) groups excluding carboxylic acids is 1. The molecule has 1 N–H and O–H groups in total. The van der Waals surface area contributed by atoms with Gasteiger partial charge in [-0.1, -0.05) is 0 Å². The predicted octanol–water partition coefficient (Wildman–Crippen LogP) is 0.942. The molecule has 1 radical (unpaired) electrons. The molecule has 0 saturated heterocycles. The molecule has 0 bridgehead atoms. The zero-order chi connectivity index (χ0) is 8.91. The zero-order valence-electron chi connectivity index (χ0n) is 7.14. The van der Waals surface area contributed by atoms with Gasteiger partial charge in [-0.3, -0.25) is 0 Å². The lowest BCUT2D eigenvalue weighted by molar-refractivity contribution is 0.0507. The van der Waals surface area contributed by atoms with Gasteiger partial charge in [0.05, 0.1) is 6.61 Å². The quantitative estimate of drug-likeness (QED) is 0.653. The molecule has 0 spiro atoms. The van der Waals surface area contributed by atoms with Gasteiger partial charge in [-0.2, -0.15) is 0 Å². The summed E-state index contributed by atoms with van der Waals surface area (Å²) in [5.41, 5.74) is -0.493. The van der Waals surface area contributed by atoms with Gasteiger partial charge in [0.25, 0.3) is 0 Å². The van der Waals surface area contributed by atoms with Gasteiger partial charge in [-0.15, -0.1) is 0 Å². The van der Waals surface area contributed by atoms with Gasteiger partial charge in [0.2, 0.25) is 0 Å². The van der Waals surface area contributed by atoms with Gasteiger partial charge in [-0.05, 0) is 20.8 Å². The second-order valence-corrected chi connectivity index (χ2v) is 3.13. The maximum Gasteiger partial charge on any atom is 0.407 e. The van der Waals surface area contributed by atoms with Gasteiger partial charge < -0.3 is 10.1 Å². The molecule has 0 unspecified atom stereocenters. The van der Waals surface area contributed by atoms with Crippen LogP contribution in [0.4, 0.5) is 4.79 Å². The number of hydrogen-bond donors (Lipinski definition) is 1. The first-order valence-electron chi connectivity index (χ1n) is 3.50. The van der Waals surface area contributed by atoms with E-state index in [1.54, 1.807) is 20.8 Å². The van der Waals surface area contributed by atoms with E-state index in [0.717, 1.165) is 0 Å². The number of ether oxygens (including phenoxy) is 1. The van der Waals surface area contributed by atoms with Crippen molar-refractivity contribution in [1.29, 1.82) is 0 Å². The molecule has 0 aliphatic rings. The smallest absolute Gasteiger partial charge is 0.407 e. The SMILES string of the molecule is CC(C)(C)OC(=O)NCC[O]. The van der Waals surface area contributed by atoms with Crippen molar-refractivity contribution in [2.45, 2.75) is 26.4 Å². The maximum absolute atomic E-state index is 10.7. The standard InChI is InChI=1S/C7H14NO3/c1-7(2,3)11-6(10)8-4-5-9/h4-5H2,1-3H3,(H,8,10).